The first-order valence-corrected chi connectivity index (χ1v) is 9.29. The average Bonchev–Trinajstić information content (AvgIpc) is 2.96. The zero-order valence-electron chi connectivity index (χ0n) is 13.7. The van der Waals surface area contributed by atoms with Gasteiger partial charge in [-0.2, -0.15) is 0 Å². The zero-order chi connectivity index (χ0) is 18.0. The zero-order valence-corrected chi connectivity index (χ0v) is 16.9. The van der Waals surface area contributed by atoms with Crippen LogP contribution < -0.4 is 5.32 Å². The van der Waals surface area contributed by atoms with E-state index in [1.165, 1.54) is 0 Å². The first-order valence-electron chi connectivity index (χ1n) is 7.71. The van der Waals surface area contributed by atoms with E-state index in [9.17, 15) is 4.79 Å². The number of nitrogens with one attached hydrogen (secondary N) is 1. The predicted molar refractivity (Wildman–Crippen MR) is 104 cm³/mol. The summed E-state index contributed by atoms with van der Waals surface area (Å²) in [5.41, 5.74) is 2.86. The first kappa shape index (κ1) is 17.8. The number of hydrogen-bond acceptors (Lipinski definition) is 3. The molecule has 128 valence electrons. The van der Waals surface area contributed by atoms with E-state index in [1.54, 1.807) is 4.68 Å². The Morgan fingerprint density at radius 3 is 2.64 bits per heavy atom. The van der Waals surface area contributed by atoms with E-state index in [0.717, 1.165) is 20.2 Å². The molecular weight excluding hydrogens is 448 g/mol. The summed E-state index contributed by atoms with van der Waals surface area (Å²) in [6.45, 7) is 3.77. The van der Waals surface area contributed by atoms with Crippen molar-refractivity contribution in [3.8, 4) is 5.69 Å². The predicted octanol–water partition coefficient (Wildman–Crippen LogP) is 4.59. The number of carbonyl (C=O) groups is 1. The van der Waals surface area contributed by atoms with Crippen LogP contribution in [0.15, 0.2) is 57.5 Å². The third-order valence-corrected chi connectivity index (χ3v) is 5.10. The fourth-order valence-electron chi connectivity index (χ4n) is 2.56. The van der Waals surface area contributed by atoms with Crippen molar-refractivity contribution in [1.29, 1.82) is 0 Å². The van der Waals surface area contributed by atoms with Crippen LogP contribution in [0.2, 0.25) is 0 Å². The molecule has 1 N–H and O–H groups in total. The standard InChI is InChI=1S/C18H16Br2N4O/c1-11(15-8-3-4-9-16(15)20)21-18(25)17-12(2)24(23-22-17)14-7-5-6-13(19)10-14/h3-11H,1-2H3,(H,21,25). The van der Waals surface area contributed by atoms with Crippen LogP contribution in [0.3, 0.4) is 0 Å². The molecule has 7 heteroatoms. The van der Waals surface area contributed by atoms with Crippen molar-refractivity contribution in [2.45, 2.75) is 19.9 Å². The number of nitrogens with zero attached hydrogens (tertiary/aromatic N) is 3. The number of rotatable bonds is 4. The van der Waals surface area contributed by atoms with Gasteiger partial charge >= 0.3 is 0 Å². The van der Waals surface area contributed by atoms with Gasteiger partial charge in [-0.3, -0.25) is 4.79 Å². The number of halogens is 2. The van der Waals surface area contributed by atoms with Crippen LogP contribution in [0.1, 0.15) is 34.7 Å². The minimum absolute atomic E-state index is 0.154. The molecule has 1 amide bonds. The summed E-state index contributed by atoms with van der Waals surface area (Å²) in [6.07, 6.45) is 0. The van der Waals surface area contributed by atoms with E-state index < -0.39 is 0 Å². The van der Waals surface area contributed by atoms with Crippen LogP contribution in [-0.2, 0) is 0 Å². The van der Waals surface area contributed by atoms with Gasteiger partial charge in [0.05, 0.1) is 17.4 Å². The summed E-state index contributed by atoms with van der Waals surface area (Å²) in [5, 5.41) is 11.2. The molecule has 1 atom stereocenters. The Bertz CT molecular complexity index is 923. The first-order chi connectivity index (χ1) is 12.0. The lowest BCUT2D eigenvalue weighted by Gasteiger charge is -2.15. The second-order valence-corrected chi connectivity index (χ2v) is 7.40. The maximum absolute atomic E-state index is 12.6. The highest BCUT2D eigenvalue weighted by molar-refractivity contribution is 9.10. The van der Waals surface area contributed by atoms with Crippen molar-refractivity contribution in [1.82, 2.24) is 20.3 Å². The maximum atomic E-state index is 12.6. The third-order valence-electron chi connectivity index (χ3n) is 3.88. The smallest absolute Gasteiger partial charge is 0.274 e. The molecule has 3 aromatic rings. The number of benzene rings is 2. The van der Waals surface area contributed by atoms with E-state index in [-0.39, 0.29) is 11.9 Å². The van der Waals surface area contributed by atoms with E-state index in [1.807, 2.05) is 62.4 Å². The topological polar surface area (TPSA) is 59.8 Å². The van der Waals surface area contributed by atoms with Crippen molar-refractivity contribution in [3.05, 3.63) is 74.4 Å². The fraction of sp³-hybridized carbons (Fsp3) is 0.167. The van der Waals surface area contributed by atoms with E-state index >= 15 is 0 Å². The molecule has 0 saturated carbocycles. The lowest BCUT2D eigenvalue weighted by Crippen LogP contribution is -2.27. The molecule has 0 fully saturated rings. The normalized spacial score (nSPS) is 12.0. The van der Waals surface area contributed by atoms with Gasteiger partial charge in [0.15, 0.2) is 5.69 Å². The van der Waals surface area contributed by atoms with Gasteiger partial charge in [0.25, 0.3) is 5.91 Å². The van der Waals surface area contributed by atoms with Crippen molar-refractivity contribution >= 4 is 37.8 Å². The molecule has 1 unspecified atom stereocenters. The Morgan fingerprint density at radius 2 is 1.92 bits per heavy atom. The van der Waals surface area contributed by atoms with Gasteiger partial charge in [-0.15, -0.1) is 5.10 Å². The quantitative estimate of drug-likeness (QED) is 0.615. The number of amides is 1. The summed E-state index contributed by atoms with van der Waals surface area (Å²) >= 11 is 6.95. The summed E-state index contributed by atoms with van der Waals surface area (Å²) in [6, 6.07) is 15.3. The van der Waals surface area contributed by atoms with Crippen LogP contribution in [0, 0.1) is 6.92 Å². The SMILES string of the molecule is Cc1c(C(=O)NC(C)c2ccccc2Br)nnn1-c1cccc(Br)c1. The highest BCUT2D eigenvalue weighted by Gasteiger charge is 2.20. The molecule has 0 saturated heterocycles. The van der Waals surface area contributed by atoms with Gasteiger partial charge in [0, 0.05) is 8.95 Å². The van der Waals surface area contributed by atoms with Crippen LogP contribution in [0.4, 0.5) is 0 Å². The molecule has 0 aliphatic carbocycles. The maximum Gasteiger partial charge on any atom is 0.274 e. The van der Waals surface area contributed by atoms with E-state index in [0.29, 0.717) is 11.4 Å². The lowest BCUT2D eigenvalue weighted by molar-refractivity contribution is 0.0934. The van der Waals surface area contributed by atoms with Crippen LogP contribution in [0.5, 0.6) is 0 Å². The molecule has 3 rings (SSSR count). The summed E-state index contributed by atoms with van der Waals surface area (Å²) < 4.78 is 3.55. The molecule has 25 heavy (non-hydrogen) atoms. The summed E-state index contributed by atoms with van der Waals surface area (Å²) in [5.74, 6) is -0.248. The van der Waals surface area contributed by atoms with Gasteiger partial charge in [0.2, 0.25) is 0 Å². The molecule has 0 spiro atoms. The van der Waals surface area contributed by atoms with Gasteiger partial charge in [-0.25, -0.2) is 4.68 Å². The largest absolute Gasteiger partial charge is 0.344 e. The van der Waals surface area contributed by atoms with E-state index in [2.05, 4.69) is 47.5 Å². The fourth-order valence-corrected chi connectivity index (χ4v) is 3.58. The molecule has 1 aromatic heterocycles. The van der Waals surface area contributed by atoms with Crippen molar-refractivity contribution in [2.24, 2.45) is 0 Å². The lowest BCUT2D eigenvalue weighted by atomic mass is 10.1. The van der Waals surface area contributed by atoms with Gasteiger partial charge in [-0.1, -0.05) is 61.3 Å². The Kier molecular flexibility index (Phi) is 5.34. The van der Waals surface area contributed by atoms with Crippen LogP contribution in [-0.4, -0.2) is 20.9 Å². The van der Waals surface area contributed by atoms with Crippen LogP contribution in [0.25, 0.3) is 5.69 Å². The van der Waals surface area contributed by atoms with Gasteiger partial charge in [-0.05, 0) is 43.7 Å². The Morgan fingerprint density at radius 1 is 1.16 bits per heavy atom. The summed E-state index contributed by atoms with van der Waals surface area (Å²) in [7, 11) is 0. The minimum Gasteiger partial charge on any atom is -0.344 e. The Hall–Kier alpha value is -1.99. The number of aromatic nitrogens is 3. The number of hydrogen-bond donors (Lipinski definition) is 1. The van der Waals surface area contributed by atoms with Crippen LogP contribution >= 0.6 is 31.9 Å². The Labute approximate surface area is 162 Å². The van der Waals surface area contributed by atoms with Gasteiger partial charge in [0.1, 0.15) is 0 Å². The molecule has 2 aromatic carbocycles. The van der Waals surface area contributed by atoms with Crippen molar-refractivity contribution in [2.75, 3.05) is 0 Å². The van der Waals surface area contributed by atoms with Gasteiger partial charge < -0.3 is 5.32 Å². The average molecular weight is 464 g/mol. The molecule has 0 aliphatic rings. The Balaban J connectivity index is 1.83. The molecule has 0 bridgehead atoms. The minimum atomic E-state index is -0.248. The molecule has 0 radical (unpaired) electrons. The molecule has 5 nitrogen and oxygen atoms in total. The third kappa shape index (κ3) is 3.82. The molecule has 1 heterocycles. The molecular formula is C18H16Br2N4O. The summed E-state index contributed by atoms with van der Waals surface area (Å²) in [4.78, 5) is 12.6. The van der Waals surface area contributed by atoms with Crippen molar-refractivity contribution in [3.63, 3.8) is 0 Å². The van der Waals surface area contributed by atoms with E-state index in [4.69, 9.17) is 0 Å². The van der Waals surface area contributed by atoms with Crippen molar-refractivity contribution < 1.29 is 4.79 Å². The number of carbonyl (C=O) groups excluding carboxylic acids is 1. The second-order valence-electron chi connectivity index (χ2n) is 5.63. The monoisotopic (exact) mass is 462 g/mol. The highest BCUT2D eigenvalue weighted by atomic mass is 79.9. The molecule has 0 aliphatic heterocycles. The second kappa shape index (κ2) is 7.49. The highest BCUT2D eigenvalue weighted by Crippen LogP contribution is 2.23.